The van der Waals surface area contributed by atoms with Crippen LogP contribution in [0.25, 0.3) is 0 Å². The van der Waals surface area contributed by atoms with Crippen molar-refractivity contribution in [3.63, 3.8) is 0 Å². The molecule has 1 heterocycles. The summed E-state index contributed by atoms with van der Waals surface area (Å²) in [6.07, 6.45) is 3.42. The van der Waals surface area contributed by atoms with E-state index in [-0.39, 0.29) is 6.10 Å². The van der Waals surface area contributed by atoms with Gasteiger partial charge in [0.25, 0.3) is 0 Å². The zero-order chi connectivity index (χ0) is 14.6. The molecule has 112 valence electrons. The zero-order valence-corrected chi connectivity index (χ0v) is 14.0. The average Bonchev–Trinajstić information content (AvgIpc) is 2.45. The van der Waals surface area contributed by atoms with Crippen molar-refractivity contribution in [2.24, 2.45) is 0 Å². The van der Waals surface area contributed by atoms with Gasteiger partial charge in [0.15, 0.2) is 9.84 Å². The van der Waals surface area contributed by atoms with Crippen molar-refractivity contribution in [1.82, 2.24) is 0 Å². The number of para-hydroxylation sites is 1. The van der Waals surface area contributed by atoms with Crippen LogP contribution in [0.1, 0.15) is 12.8 Å². The van der Waals surface area contributed by atoms with E-state index in [4.69, 9.17) is 4.74 Å². The molecule has 0 bridgehead atoms. The van der Waals surface area contributed by atoms with Gasteiger partial charge in [-0.15, -0.1) is 0 Å². The number of alkyl halides is 1. The summed E-state index contributed by atoms with van der Waals surface area (Å²) in [6.45, 7) is 2.39. The van der Waals surface area contributed by atoms with E-state index in [1.54, 1.807) is 12.1 Å². The van der Waals surface area contributed by atoms with E-state index in [1.165, 1.54) is 6.26 Å². The molecular formula is C14H20BrNO3S. The minimum absolute atomic E-state index is 0.286. The van der Waals surface area contributed by atoms with E-state index in [0.717, 1.165) is 43.6 Å². The van der Waals surface area contributed by atoms with Gasteiger partial charge in [0.1, 0.15) is 0 Å². The van der Waals surface area contributed by atoms with Gasteiger partial charge >= 0.3 is 0 Å². The van der Waals surface area contributed by atoms with Crippen LogP contribution in [-0.4, -0.2) is 45.8 Å². The van der Waals surface area contributed by atoms with Crippen molar-refractivity contribution in [3.8, 4) is 0 Å². The number of rotatable bonds is 5. The highest BCUT2D eigenvalue weighted by Gasteiger charge is 2.23. The van der Waals surface area contributed by atoms with Crippen LogP contribution in [0.2, 0.25) is 0 Å². The molecule has 0 atom stereocenters. The lowest BCUT2D eigenvalue weighted by atomic mass is 10.1. The molecule has 2 rings (SSSR count). The molecule has 1 fully saturated rings. The summed E-state index contributed by atoms with van der Waals surface area (Å²) >= 11 is 3.35. The first-order chi connectivity index (χ1) is 9.52. The van der Waals surface area contributed by atoms with E-state index in [9.17, 15) is 8.42 Å². The first-order valence-corrected chi connectivity index (χ1v) is 9.75. The lowest BCUT2D eigenvalue weighted by Crippen LogP contribution is -2.37. The molecule has 0 aliphatic carbocycles. The summed E-state index contributed by atoms with van der Waals surface area (Å²) < 4.78 is 29.4. The molecule has 1 aromatic rings. The van der Waals surface area contributed by atoms with Gasteiger partial charge < -0.3 is 9.64 Å². The molecule has 0 aromatic heterocycles. The number of anilines is 1. The van der Waals surface area contributed by atoms with Gasteiger partial charge in [0.2, 0.25) is 0 Å². The Bertz CT molecular complexity index is 539. The second kappa shape index (κ2) is 6.91. The number of benzene rings is 1. The van der Waals surface area contributed by atoms with Crippen molar-refractivity contribution < 1.29 is 13.2 Å². The van der Waals surface area contributed by atoms with Gasteiger partial charge in [-0.1, -0.05) is 28.1 Å². The first-order valence-electron chi connectivity index (χ1n) is 6.74. The molecule has 0 saturated carbocycles. The fourth-order valence-electron chi connectivity index (χ4n) is 2.51. The van der Waals surface area contributed by atoms with Crippen LogP contribution in [-0.2, 0) is 14.6 Å². The number of ether oxygens (including phenoxy) is 1. The number of sulfone groups is 1. The van der Waals surface area contributed by atoms with E-state index >= 15 is 0 Å². The summed E-state index contributed by atoms with van der Waals surface area (Å²) in [5, 5.41) is 0.851. The zero-order valence-electron chi connectivity index (χ0n) is 11.6. The maximum Gasteiger partial charge on any atom is 0.177 e. The van der Waals surface area contributed by atoms with Gasteiger partial charge in [0.05, 0.1) is 23.3 Å². The highest BCUT2D eigenvalue weighted by atomic mass is 79.9. The molecule has 0 amide bonds. The second-order valence-electron chi connectivity index (χ2n) is 4.99. The maximum absolute atomic E-state index is 11.8. The minimum Gasteiger partial charge on any atom is -0.377 e. The van der Waals surface area contributed by atoms with Crippen LogP contribution in [0.5, 0.6) is 0 Å². The largest absolute Gasteiger partial charge is 0.377 e. The molecule has 0 N–H and O–H groups in total. The molecule has 0 radical (unpaired) electrons. The predicted octanol–water partition coefficient (Wildman–Crippen LogP) is 2.47. The van der Waals surface area contributed by atoms with E-state index in [2.05, 4.69) is 20.8 Å². The van der Waals surface area contributed by atoms with Gasteiger partial charge in [-0.05, 0) is 25.0 Å². The fourth-order valence-corrected chi connectivity index (χ4v) is 3.60. The quantitative estimate of drug-likeness (QED) is 0.755. The Hall–Kier alpha value is -0.590. The molecule has 1 saturated heterocycles. The average molecular weight is 362 g/mol. The molecular weight excluding hydrogens is 342 g/mol. The van der Waals surface area contributed by atoms with Gasteiger partial charge in [-0.25, -0.2) is 8.42 Å². The number of hydrogen-bond donors (Lipinski definition) is 0. The van der Waals surface area contributed by atoms with E-state index in [1.807, 2.05) is 12.1 Å². The van der Waals surface area contributed by atoms with Crippen molar-refractivity contribution in [2.45, 2.75) is 23.8 Å². The van der Waals surface area contributed by atoms with Crippen LogP contribution in [0.3, 0.4) is 0 Å². The molecule has 4 nitrogen and oxygen atoms in total. The van der Waals surface area contributed by atoms with Crippen molar-refractivity contribution in [3.05, 3.63) is 24.3 Å². The van der Waals surface area contributed by atoms with Gasteiger partial charge in [-0.3, -0.25) is 0 Å². The molecule has 20 heavy (non-hydrogen) atoms. The third-order valence-electron chi connectivity index (χ3n) is 3.48. The van der Waals surface area contributed by atoms with Gasteiger partial charge in [-0.2, -0.15) is 0 Å². The second-order valence-corrected chi connectivity index (χ2v) is 7.76. The lowest BCUT2D eigenvalue weighted by molar-refractivity contribution is 0.0480. The molecule has 1 aromatic carbocycles. The van der Waals surface area contributed by atoms with E-state index < -0.39 is 9.84 Å². The normalized spacial score (nSPS) is 17.4. The molecule has 1 aliphatic rings. The van der Waals surface area contributed by atoms with Gasteiger partial charge in [0, 0.05) is 24.7 Å². The van der Waals surface area contributed by atoms with Crippen molar-refractivity contribution >= 4 is 31.5 Å². The maximum atomic E-state index is 11.8. The van der Waals surface area contributed by atoms with Crippen LogP contribution in [0.15, 0.2) is 29.2 Å². The Balaban J connectivity index is 2.08. The third-order valence-corrected chi connectivity index (χ3v) is 4.95. The molecule has 1 aliphatic heterocycles. The monoisotopic (exact) mass is 361 g/mol. The Labute approximate surface area is 129 Å². The highest BCUT2D eigenvalue weighted by Crippen LogP contribution is 2.28. The summed E-state index contributed by atoms with van der Waals surface area (Å²) in [5.41, 5.74) is 0.814. The van der Waals surface area contributed by atoms with Crippen LogP contribution in [0, 0.1) is 0 Å². The summed E-state index contributed by atoms with van der Waals surface area (Å²) in [5.74, 6) is 0. The van der Waals surface area contributed by atoms with Crippen LogP contribution in [0.4, 0.5) is 5.69 Å². The predicted molar refractivity (Wildman–Crippen MR) is 84.5 cm³/mol. The van der Waals surface area contributed by atoms with E-state index in [0.29, 0.717) is 4.90 Å². The Morgan fingerprint density at radius 2 is 1.95 bits per heavy atom. The highest BCUT2D eigenvalue weighted by molar-refractivity contribution is 9.09. The number of hydrogen-bond acceptors (Lipinski definition) is 4. The van der Waals surface area contributed by atoms with Crippen molar-refractivity contribution in [2.75, 3.05) is 36.2 Å². The Morgan fingerprint density at radius 3 is 2.55 bits per heavy atom. The van der Waals surface area contributed by atoms with Crippen LogP contribution >= 0.6 is 15.9 Å². The van der Waals surface area contributed by atoms with Crippen LogP contribution < -0.4 is 4.90 Å². The number of piperidine rings is 1. The summed E-state index contributed by atoms with van der Waals surface area (Å²) in [6, 6.07) is 7.22. The third kappa shape index (κ3) is 3.96. The standard InChI is InChI=1S/C14H20BrNO3S/c1-20(17,18)14-5-3-2-4-13(14)16-9-6-12(7-10-16)19-11-8-15/h2-5,12H,6-11H2,1H3. The molecule has 0 unspecified atom stereocenters. The lowest BCUT2D eigenvalue weighted by Gasteiger charge is -2.34. The smallest absolute Gasteiger partial charge is 0.177 e. The van der Waals surface area contributed by atoms with Crippen molar-refractivity contribution in [1.29, 1.82) is 0 Å². The summed E-state index contributed by atoms with van der Waals surface area (Å²) in [4.78, 5) is 2.56. The minimum atomic E-state index is -3.19. The fraction of sp³-hybridized carbons (Fsp3) is 0.571. The SMILES string of the molecule is CS(=O)(=O)c1ccccc1N1CCC(OCCBr)CC1. The number of nitrogens with zero attached hydrogens (tertiary/aromatic N) is 1. The Kier molecular flexibility index (Phi) is 5.46. The topological polar surface area (TPSA) is 46.6 Å². The first kappa shape index (κ1) is 15.8. The molecule has 0 spiro atoms. The molecule has 6 heteroatoms. The Morgan fingerprint density at radius 1 is 1.30 bits per heavy atom. The number of halogens is 1. The summed E-state index contributed by atoms with van der Waals surface area (Å²) in [7, 11) is -3.19.